The number of methoxy groups -OCH3 is 1. The monoisotopic (exact) mass is 256 g/mol. The lowest BCUT2D eigenvalue weighted by Crippen LogP contribution is -2.54. The molecule has 0 aliphatic carbocycles. The summed E-state index contributed by atoms with van der Waals surface area (Å²) in [5.74, 6) is 0.512. The molecule has 1 aliphatic rings. The van der Waals surface area contributed by atoms with E-state index in [4.69, 9.17) is 0 Å². The molecule has 104 valence electrons. The number of nitrogens with zero attached hydrogens (tertiary/aromatic N) is 1. The molecule has 5 nitrogen and oxygen atoms in total. The molecular formula is C13H24N2O3. The first kappa shape index (κ1) is 14.8. The van der Waals surface area contributed by atoms with E-state index < -0.39 is 6.09 Å². The van der Waals surface area contributed by atoms with Crippen LogP contribution in [0, 0.1) is 11.3 Å². The summed E-state index contributed by atoms with van der Waals surface area (Å²) in [5.41, 5.74) is -0.382. The second-order valence-electron chi connectivity index (χ2n) is 6.13. The van der Waals surface area contributed by atoms with Gasteiger partial charge in [0.05, 0.1) is 13.2 Å². The van der Waals surface area contributed by atoms with Gasteiger partial charge in [0.25, 0.3) is 0 Å². The Labute approximate surface area is 109 Å². The summed E-state index contributed by atoms with van der Waals surface area (Å²) < 4.78 is 4.60. The maximum atomic E-state index is 12.2. The smallest absolute Gasteiger partial charge is 0.407 e. The summed E-state index contributed by atoms with van der Waals surface area (Å²) in [5, 5.41) is 2.78. The van der Waals surface area contributed by atoms with Gasteiger partial charge in [0, 0.05) is 18.5 Å². The van der Waals surface area contributed by atoms with Gasteiger partial charge in [-0.2, -0.15) is 0 Å². The van der Waals surface area contributed by atoms with E-state index in [1.807, 2.05) is 25.7 Å². The Kier molecular flexibility index (Phi) is 4.59. The fourth-order valence-electron chi connectivity index (χ4n) is 2.32. The van der Waals surface area contributed by atoms with Gasteiger partial charge in [0.15, 0.2) is 0 Å². The third-order valence-electron chi connectivity index (χ3n) is 3.10. The Bertz CT molecular complexity index is 323. The molecule has 0 saturated carbocycles. The van der Waals surface area contributed by atoms with Crippen molar-refractivity contribution in [3.05, 3.63) is 0 Å². The maximum absolute atomic E-state index is 12.2. The zero-order valence-corrected chi connectivity index (χ0v) is 11.9. The molecule has 0 aromatic carbocycles. The lowest BCUT2D eigenvalue weighted by molar-refractivity contribution is -0.141. The molecule has 1 fully saturated rings. The minimum atomic E-state index is -0.433. The van der Waals surface area contributed by atoms with E-state index in [-0.39, 0.29) is 17.4 Å². The highest BCUT2D eigenvalue weighted by molar-refractivity contribution is 5.81. The van der Waals surface area contributed by atoms with Gasteiger partial charge in [0.1, 0.15) is 0 Å². The molecule has 1 aliphatic heterocycles. The van der Waals surface area contributed by atoms with Gasteiger partial charge in [0.2, 0.25) is 5.91 Å². The summed E-state index contributed by atoms with van der Waals surface area (Å²) in [4.78, 5) is 25.3. The van der Waals surface area contributed by atoms with Crippen LogP contribution in [-0.2, 0) is 9.53 Å². The molecular weight excluding hydrogens is 232 g/mol. The molecule has 0 aromatic rings. The van der Waals surface area contributed by atoms with Gasteiger partial charge in [-0.1, -0.05) is 27.7 Å². The van der Waals surface area contributed by atoms with Gasteiger partial charge < -0.3 is 15.0 Å². The molecule has 0 aromatic heterocycles. The van der Waals surface area contributed by atoms with Gasteiger partial charge >= 0.3 is 6.09 Å². The molecule has 5 heteroatoms. The van der Waals surface area contributed by atoms with E-state index in [0.717, 1.165) is 13.0 Å². The summed E-state index contributed by atoms with van der Waals surface area (Å²) >= 11 is 0. The fraction of sp³-hybridized carbons (Fsp3) is 0.846. The maximum Gasteiger partial charge on any atom is 0.407 e. The first-order valence-electron chi connectivity index (χ1n) is 6.38. The fourth-order valence-corrected chi connectivity index (χ4v) is 2.32. The zero-order valence-electron chi connectivity index (χ0n) is 11.9. The number of rotatable bonds is 1. The third kappa shape index (κ3) is 3.89. The van der Waals surface area contributed by atoms with Crippen molar-refractivity contribution >= 4 is 12.0 Å². The highest BCUT2D eigenvalue weighted by Gasteiger charge is 2.33. The number of likely N-dealkylation sites (tertiary alicyclic amines) is 1. The molecule has 1 heterocycles. The van der Waals surface area contributed by atoms with Crippen molar-refractivity contribution in [1.29, 1.82) is 0 Å². The van der Waals surface area contributed by atoms with E-state index in [9.17, 15) is 9.59 Å². The lowest BCUT2D eigenvalue weighted by Gasteiger charge is -2.39. The van der Waals surface area contributed by atoms with E-state index in [1.54, 1.807) is 0 Å². The van der Waals surface area contributed by atoms with Crippen LogP contribution in [0.25, 0.3) is 0 Å². The number of hydrogen-bond acceptors (Lipinski definition) is 3. The second kappa shape index (κ2) is 5.59. The van der Waals surface area contributed by atoms with Crippen molar-refractivity contribution in [3.8, 4) is 0 Å². The molecule has 0 radical (unpaired) electrons. The van der Waals surface area contributed by atoms with Crippen molar-refractivity contribution in [2.24, 2.45) is 11.3 Å². The quantitative estimate of drug-likeness (QED) is 0.775. The Hall–Kier alpha value is -1.26. The van der Waals surface area contributed by atoms with Gasteiger partial charge in [-0.25, -0.2) is 4.79 Å². The van der Waals surface area contributed by atoms with Gasteiger partial charge in [-0.15, -0.1) is 0 Å². The summed E-state index contributed by atoms with van der Waals surface area (Å²) in [6.07, 6.45) is 0.445. The number of hydrogen-bond donors (Lipinski definition) is 1. The minimum absolute atomic E-state index is 0.0208. The molecule has 2 unspecified atom stereocenters. The van der Waals surface area contributed by atoms with Crippen LogP contribution in [0.4, 0.5) is 4.79 Å². The number of alkyl carbamates (subject to hydrolysis) is 1. The van der Waals surface area contributed by atoms with Crippen LogP contribution in [0.2, 0.25) is 0 Å². The lowest BCUT2D eigenvalue weighted by atomic mass is 9.90. The average molecular weight is 256 g/mol. The van der Waals surface area contributed by atoms with E-state index >= 15 is 0 Å². The molecule has 0 spiro atoms. The number of piperidine rings is 1. The van der Waals surface area contributed by atoms with Crippen LogP contribution < -0.4 is 5.32 Å². The molecule has 0 bridgehead atoms. The topological polar surface area (TPSA) is 58.6 Å². The number of carbonyl (C=O) groups excluding carboxylic acids is 2. The Morgan fingerprint density at radius 2 is 1.89 bits per heavy atom. The Morgan fingerprint density at radius 1 is 1.28 bits per heavy atom. The molecule has 18 heavy (non-hydrogen) atoms. The van der Waals surface area contributed by atoms with Crippen LogP contribution >= 0.6 is 0 Å². The molecule has 1 N–H and O–H groups in total. The summed E-state index contributed by atoms with van der Waals surface area (Å²) in [7, 11) is 1.35. The number of carbonyl (C=O) groups is 2. The van der Waals surface area contributed by atoms with Gasteiger partial charge in [-0.05, 0) is 12.3 Å². The SMILES string of the molecule is COC(=O)NC1CC(C)CN(C(=O)C(C)(C)C)C1. The minimum Gasteiger partial charge on any atom is -0.453 e. The van der Waals surface area contributed by atoms with Crippen molar-refractivity contribution in [3.63, 3.8) is 0 Å². The number of nitrogens with one attached hydrogen (secondary N) is 1. The molecule has 2 amide bonds. The largest absolute Gasteiger partial charge is 0.453 e. The summed E-state index contributed by atoms with van der Waals surface area (Å²) in [6, 6.07) is -0.0208. The first-order valence-corrected chi connectivity index (χ1v) is 6.38. The van der Waals surface area contributed by atoms with E-state index in [2.05, 4.69) is 17.0 Å². The predicted octanol–water partition coefficient (Wildman–Crippen LogP) is 1.63. The van der Waals surface area contributed by atoms with Crippen molar-refractivity contribution in [2.45, 2.75) is 40.2 Å². The van der Waals surface area contributed by atoms with Crippen LogP contribution in [-0.4, -0.2) is 43.1 Å². The number of ether oxygens (including phenoxy) is 1. The molecule has 2 atom stereocenters. The Balaban J connectivity index is 2.66. The Morgan fingerprint density at radius 3 is 2.39 bits per heavy atom. The summed E-state index contributed by atoms with van der Waals surface area (Å²) in [6.45, 7) is 9.16. The predicted molar refractivity (Wildman–Crippen MR) is 69.1 cm³/mol. The first-order chi connectivity index (χ1) is 8.24. The van der Waals surface area contributed by atoms with Crippen molar-refractivity contribution in [2.75, 3.05) is 20.2 Å². The highest BCUT2D eigenvalue weighted by Crippen LogP contribution is 2.23. The highest BCUT2D eigenvalue weighted by atomic mass is 16.5. The van der Waals surface area contributed by atoms with Crippen LogP contribution in [0.15, 0.2) is 0 Å². The zero-order chi connectivity index (χ0) is 13.9. The van der Waals surface area contributed by atoms with E-state index in [1.165, 1.54) is 7.11 Å². The van der Waals surface area contributed by atoms with Crippen LogP contribution in [0.5, 0.6) is 0 Å². The average Bonchev–Trinajstić information content (AvgIpc) is 2.25. The second-order valence-corrected chi connectivity index (χ2v) is 6.13. The standard InChI is InChI=1S/C13H24N2O3/c1-9-6-10(14-12(17)18-5)8-15(7-9)11(16)13(2,3)4/h9-10H,6-8H2,1-5H3,(H,14,17). The molecule has 1 rings (SSSR count). The number of amides is 2. The molecule has 1 saturated heterocycles. The third-order valence-corrected chi connectivity index (χ3v) is 3.10. The van der Waals surface area contributed by atoms with Crippen molar-refractivity contribution in [1.82, 2.24) is 10.2 Å². The van der Waals surface area contributed by atoms with Crippen molar-refractivity contribution < 1.29 is 14.3 Å². The van der Waals surface area contributed by atoms with E-state index in [0.29, 0.717) is 12.5 Å². The van der Waals surface area contributed by atoms with Gasteiger partial charge in [-0.3, -0.25) is 4.79 Å². The normalized spacial score (nSPS) is 24.6. The van der Waals surface area contributed by atoms with Crippen LogP contribution in [0.1, 0.15) is 34.1 Å². The van der Waals surface area contributed by atoms with Crippen LogP contribution in [0.3, 0.4) is 0 Å².